The van der Waals surface area contributed by atoms with E-state index in [1.807, 2.05) is 19.1 Å². The van der Waals surface area contributed by atoms with Crippen molar-refractivity contribution in [3.63, 3.8) is 0 Å². The van der Waals surface area contributed by atoms with E-state index in [1.54, 1.807) is 0 Å². The summed E-state index contributed by atoms with van der Waals surface area (Å²) in [7, 11) is 0. The van der Waals surface area contributed by atoms with Crippen molar-refractivity contribution in [2.45, 2.75) is 46.6 Å². The molecule has 0 amide bonds. The van der Waals surface area contributed by atoms with Crippen LogP contribution in [-0.4, -0.2) is 18.2 Å². The standard InChI is InChI=1S/C16H27NO/c1-12(2)11-17-10-9-16(5,18)15-8-6-7-13(3)14(15)4/h6-8,12,17-18H,9-11H2,1-5H3. The fraction of sp³-hybridized carbons (Fsp3) is 0.625. The van der Waals surface area contributed by atoms with Crippen molar-refractivity contribution in [3.8, 4) is 0 Å². The fourth-order valence-corrected chi connectivity index (χ4v) is 2.19. The molecule has 0 bridgehead atoms. The molecule has 0 aliphatic heterocycles. The molecule has 2 heteroatoms. The molecule has 0 spiro atoms. The van der Waals surface area contributed by atoms with Crippen LogP contribution in [0.3, 0.4) is 0 Å². The maximum Gasteiger partial charge on any atom is 0.0883 e. The van der Waals surface area contributed by atoms with E-state index in [9.17, 15) is 5.11 Å². The van der Waals surface area contributed by atoms with Crippen molar-refractivity contribution < 1.29 is 5.11 Å². The van der Waals surface area contributed by atoms with Gasteiger partial charge in [-0.05, 0) is 62.9 Å². The fourth-order valence-electron chi connectivity index (χ4n) is 2.19. The number of aliphatic hydroxyl groups is 1. The Hall–Kier alpha value is -0.860. The lowest BCUT2D eigenvalue weighted by atomic mass is 9.87. The topological polar surface area (TPSA) is 32.3 Å². The maximum absolute atomic E-state index is 10.6. The molecule has 0 saturated heterocycles. The summed E-state index contributed by atoms with van der Waals surface area (Å²) in [6.45, 7) is 12.3. The Morgan fingerprint density at radius 1 is 1.28 bits per heavy atom. The average Bonchev–Trinajstić information content (AvgIpc) is 2.28. The molecule has 0 heterocycles. The van der Waals surface area contributed by atoms with Crippen LogP contribution in [0.1, 0.15) is 43.9 Å². The number of benzene rings is 1. The molecule has 2 nitrogen and oxygen atoms in total. The summed E-state index contributed by atoms with van der Waals surface area (Å²) in [5.41, 5.74) is 2.74. The SMILES string of the molecule is Cc1cccc(C(C)(O)CCNCC(C)C)c1C. The molecule has 0 saturated carbocycles. The number of nitrogens with one attached hydrogen (secondary N) is 1. The summed E-state index contributed by atoms with van der Waals surface area (Å²) in [4.78, 5) is 0. The van der Waals surface area contributed by atoms with Crippen molar-refractivity contribution in [1.29, 1.82) is 0 Å². The van der Waals surface area contributed by atoms with Crippen molar-refractivity contribution >= 4 is 0 Å². The van der Waals surface area contributed by atoms with Crippen LogP contribution in [0.5, 0.6) is 0 Å². The number of rotatable bonds is 6. The van der Waals surface area contributed by atoms with Crippen LogP contribution in [0, 0.1) is 19.8 Å². The Balaban J connectivity index is 2.65. The van der Waals surface area contributed by atoms with Crippen molar-refractivity contribution in [3.05, 3.63) is 34.9 Å². The average molecular weight is 249 g/mol. The third-order valence-corrected chi connectivity index (χ3v) is 3.53. The first-order valence-electron chi connectivity index (χ1n) is 6.84. The summed E-state index contributed by atoms with van der Waals surface area (Å²) in [6, 6.07) is 6.14. The molecule has 1 aromatic carbocycles. The lowest BCUT2D eigenvalue weighted by Gasteiger charge is -2.27. The van der Waals surface area contributed by atoms with Crippen LogP contribution >= 0.6 is 0 Å². The first-order chi connectivity index (χ1) is 8.34. The second-order valence-electron chi connectivity index (χ2n) is 5.87. The lowest BCUT2D eigenvalue weighted by Crippen LogP contribution is -2.30. The van der Waals surface area contributed by atoms with E-state index in [0.29, 0.717) is 5.92 Å². The van der Waals surface area contributed by atoms with Crippen molar-refractivity contribution in [1.82, 2.24) is 5.32 Å². The molecule has 0 radical (unpaired) electrons. The predicted octanol–water partition coefficient (Wildman–Crippen LogP) is 3.15. The summed E-state index contributed by atoms with van der Waals surface area (Å²) in [5.74, 6) is 0.649. The molecule has 1 unspecified atom stereocenters. The van der Waals surface area contributed by atoms with E-state index >= 15 is 0 Å². The van der Waals surface area contributed by atoms with Gasteiger partial charge in [0, 0.05) is 0 Å². The molecule has 18 heavy (non-hydrogen) atoms. The molecular weight excluding hydrogens is 222 g/mol. The molecule has 0 fully saturated rings. The number of aryl methyl sites for hydroxylation is 1. The van der Waals surface area contributed by atoms with Crippen molar-refractivity contribution in [2.75, 3.05) is 13.1 Å². The van der Waals surface area contributed by atoms with Gasteiger partial charge in [-0.1, -0.05) is 32.0 Å². The summed E-state index contributed by atoms with van der Waals surface area (Å²) in [6.07, 6.45) is 0.740. The molecule has 0 aliphatic rings. The summed E-state index contributed by atoms with van der Waals surface area (Å²) >= 11 is 0. The van der Waals surface area contributed by atoms with Crippen molar-refractivity contribution in [2.24, 2.45) is 5.92 Å². The smallest absolute Gasteiger partial charge is 0.0883 e. The number of hydrogen-bond acceptors (Lipinski definition) is 2. The van der Waals surface area contributed by atoms with Gasteiger partial charge in [-0.25, -0.2) is 0 Å². The van der Waals surface area contributed by atoms with Gasteiger partial charge in [0.1, 0.15) is 0 Å². The Labute approximate surface area is 111 Å². The minimum atomic E-state index is -0.750. The number of hydrogen-bond donors (Lipinski definition) is 2. The van der Waals surface area contributed by atoms with Crippen LogP contribution in [-0.2, 0) is 5.60 Å². The van der Waals surface area contributed by atoms with Gasteiger partial charge in [0.05, 0.1) is 5.60 Å². The largest absolute Gasteiger partial charge is 0.385 e. The van der Waals surface area contributed by atoms with E-state index in [2.05, 4.69) is 39.1 Å². The molecule has 1 atom stereocenters. The monoisotopic (exact) mass is 249 g/mol. The van der Waals surface area contributed by atoms with Crippen LogP contribution in [0.15, 0.2) is 18.2 Å². The highest BCUT2D eigenvalue weighted by molar-refractivity contribution is 5.36. The minimum absolute atomic E-state index is 0.649. The first kappa shape index (κ1) is 15.2. The minimum Gasteiger partial charge on any atom is -0.385 e. The van der Waals surface area contributed by atoms with E-state index in [-0.39, 0.29) is 0 Å². The second-order valence-corrected chi connectivity index (χ2v) is 5.87. The van der Waals surface area contributed by atoms with Gasteiger partial charge in [0.2, 0.25) is 0 Å². The predicted molar refractivity (Wildman–Crippen MR) is 77.8 cm³/mol. The Morgan fingerprint density at radius 3 is 2.56 bits per heavy atom. The molecule has 0 aromatic heterocycles. The highest BCUT2D eigenvalue weighted by Gasteiger charge is 2.24. The van der Waals surface area contributed by atoms with Gasteiger partial charge in [0.25, 0.3) is 0 Å². The van der Waals surface area contributed by atoms with E-state index < -0.39 is 5.60 Å². The third-order valence-electron chi connectivity index (χ3n) is 3.53. The molecule has 2 N–H and O–H groups in total. The quantitative estimate of drug-likeness (QED) is 0.759. The molecule has 102 valence electrons. The van der Waals surface area contributed by atoms with Crippen LogP contribution in [0.2, 0.25) is 0 Å². The van der Waals surface area contributed by atoms with Gasteiger partial charge >= 0.3 is 0 Å². The highest BCUT2D eigenvalue weighted by Crippen LogP contribution is 2.28. The summed E-state index contributed by atoms with van der Waals surface area (Å²) in [5, 5.41) is 14.0. The van der Waals surface area contributed by atoms with E-state index in [1.165, 1.54) is 11.1 Å². The zero-order valence-corrected chi connectivity index (χ0v) is 12.4. The Morgan fingerprint density at radius 2 is 1.94 bits per heavy atom. The zero-order chi connectivity index (χ0) is 13.8. The van der Waals surface area contributed by atoms with Gasteiger partial charge in [0.15, 0.2) is 0 Å². The van der Waals surface area contributed by atoms with Crippen LogP contribution < -0.4 is 5.32 Å². The third kappa shape index (κ3) is 4.11. The zero-order valence-electron chi connectivity index (χ0n) is 12.4. The molecule has 1 rings (SSSR count). The van der Waals surface area contributed by atoms with E-state index in [4.69, 9.17) is 0 Å². The van der Waals surface area contributed by atoms with Crippen LogP contribution in [0.4, 0.5) is 0 Å². The normalized spacial score (nSPS) is 14.8. The summed E-state index contributed by atoms with van der Waals surface area (Å²) < 4.78 is 0. The second kappa shape index (κ2) is 6.35. The Bertz CT molecular complexity index is 383. The molecular formula is C16H27NO. The van der Waals surface area contributed by atoms with Gasteiger partial charge in [-0.3, -0.25) is 0 Å². The maximum atomic E-state index is 10.6. The van der Waals surface area contributed by atoms with E-state index in [0.717, 1.165) is 25.1 Å². The first-order valence-corrected chi connectivity index (χ1v) is 6.84. The Kier molecular flexibility index (Phi) is 5.36. The van der Waals surface area contributed by atoms with Gasteiger partial charge in [-0.15, -0.1) is 0 Å². The van der Waals surface area contributed by atoms with Gasteiger partial charge < -0.3 is 10.4 Å². The molecule has 1 aromatic rings. The van der Waals surface area contributed by atoms with Crippen LogP contribution in [0.25, 0.3) is 0 Å². The molecule has 0 aliphatic carbocycles. The lowest BCUT2D eigenvalue weighted by molar-refractivity contribution is 0.0471. The van der Waals surface area contributed by atoms with Gasteiger partial charge in [-0.2, -0.15) is 0 Å². The highest BCUT2D eigenvalue weighted by atomic mass is 16.3.